The Morgan fingerprint density at radius 2 is 1.84 bits per heavy atom. The molecule has 0 bridgehead atoms. The van der Waals surface area contributed by atoms with Crippen molar-refractivity contribution in [2.75, 3.05) is 33.4 Å². The maximum atomic E-state index is 12.1. The van der Waals surface area contributed by atoms with Crippen molar-refractivity contribution < 1.29 is 28.6 Å². The van der Waals surface area contributed by atoms with Gasteiger partial charge < -0.3 is 24.8 Å². The number of likely N-dealkylation sites (N-methyl/N-ethyl adjacent to an activating group) is 1. The van der Waals surface area contributed by atoms with Gasteiger partial charge in [0.05, 0.1) is 30.3 Å². The molecule has 8 nitrogen and oxygen atoms in total. The Balaban J connectivity index is 2.64. The first-order valence-electron chi connectivity index (χ1n) is 7.63. The first-order chi connectivity index (χ1) is 11.9. The molecule has 0 saturated heterocycles. The number of ether oxygens (including phenoxy) is 3. The number of halogens is 1. The monoisotopic (exact) mass is 416 g/mol. The SMILES string of the molecule is CCNC(=O)CNC(=O)COC(=O)c1cc(Br)c(OCC)c(OC)c1. The van der Waals surface area contributed by atoms with E-state index in [-0.39, 0.29) is 18.0 Å². The number of nitrogens with one attached hydrogen (secondary N) is 2. The zero-order valence-corrected chi connectivity index (χ0v) is 15.9. The van der Waals surface area contributed by atoms with E-state index in [0.717, 1.165) is 0 Å². The lowest BCUT2D eigenvalue weighted by Crippen LogP contribution is -2.38. The van der Waals surface area contributed by atoms with Gasteiger partial charge in [-0.05, 0) is 41.9 Å². The molecule has 9 heteroatoms. The summed E-state index contributed by atoms with van der Waals surface area (Å²) in [5.41, 5.74) is 0.198. The lowest BCUT2D eigenvalue weighted by Gasteiger charge is -2.13. The van der Waals surface area contributed by atoms with Crippen molar-refractivity contribution in [1.82, 2.24) is 10.6 Å². The third kappa shape index (κ3) is 6.61. The summed E-state index contributed by atoms with van der Waals surface area (Å²) in [6, 6.07) is 2.98. The molecule has 2 N–H and O–H groups in total. The van der Waals surface area contributed by atoms with Gasteiger partial charge in [-0.1, -0.05) is 0 Å². The van der Waals surface area contributed by atoms with Gasteiger partial charge in [0, 0.05) is 6.54 Å². The Kier molecular flexibility index (Phi) is 8.76. The van der Waals surface area contributed by atoms with Crippen molar-refractivity contribution in [3.8, 4) is 11.5 Å². The number of rotatable bonds is 9. The summed E-state index contributed by atoms with van der Waals surface area (Å²) in [5, 5.41) is 4.89. The minimum absolute atomic E-state index is 0.174. The Morgan fingerprint density at radius 3 is 2.44 bits per heavy atom. The fourth-order valence-corrected chi connectivity index (χ4v) is 2.38. The fraction of sp³-hybridized carbons (Fsp3) is 0.438. The number of hydrogen-bond donors (Lipinski definition) is 2. The molecule has 0 spiro atoms. The second-order valence-electron chi connectivity index (χ2n) is 4.73. The molecular weight excluding hydrogens is 396 g/mol. The number of methoxy groups -OCH3 is 1. The highest BCUT2D eigenvalue weighted by Gasteiger charge is 2.17. The smallest absolute Gasteiger partial charge is 0.338 e. The van der Waals surface area contributed by atoms with Gasteiger partial charge >= 0.3 is 5.97 Å². The van der Waals surface area contributed by atoms with Crippen LogP contribution in [0.15, 0.2) is 16.6 Å². The fourth-order valence-electron chi connectivity index (χ4n) is 1.83. The Hall–Kier alpha value is -2.29. The van der Waals surface area contributed by atoms with E-state index in [2.05, 4.69) is 26.6 Å². The molecule has 0 aromatic heterocycles. The third-order valence-corrected chi connectivity index (χ3v) is 3.50. The van der Waals surface area contributed by atoms with Crippen LogP contribution in [0.3, 0.4) is 0 Å². The van der Waals surface area contributed by atoms with E-state index < -0.39 is 18.5 Å². The number of esters is 1. The average molecular weight is 417 g/mol. The number of carbonyl (C=O) groups is 3. The topological polar surface area (TPSA) is 103 Å². The first-order valence-corrected chi connectivity index (χ1v) is 8.43. The van der Waals surface area contributed by atoms with Crippen LogP contribution in [0.2, 0.25) is 0 Å². The van der Waals surface area contributed by atoms with Gasteiger partial charge in [-0.2, -0.15) is 0 Å². The molecule has 0 unspecified atom stereocenters. The van der Waals surface area contributed by atoms with Crippen molar-refractivity contribution in [1.29, 1.82) is 0 Å². The Labute approximate surface area is 154 Å². The Bertz CT molecular complexity index is 635. The van der Waals surface area contributed by atoms with Gasteiger partial charge in [0.1, 0.15) is 0 Å². The van der Waals surface area contributed by atoms with Crippen LogP contribution in [-0.4, -0.2) is 51.2 Å². The van der Waals surface area contributed by atoms with E-state index in [1.54, 1.807) is 6.92 Å². The average Bonchev–Trinajstić information content (AvgIpc) is 2.59. The summed E-state index contributed by atoms with van der Waals surface area (Å²) in [7, 11) is 1.45. The molecule has 1 aromatic carbocycles. The third-order valence-electron chi connectivity index (χ3n) is 2.91. The predicted octanol–water partition coefficient (Wildman–Crippen LogP) is 1.27. The van der Waals surface area contributed by atoms with Crippen LogP contribution in [-0.2, 0) is 14.3 Å². The van der Waals surface area contributed by atoms with Crippen LogP contribution < -0.4 is 20.1 Å². The molecule has 138 valence electrons. The van der Waals surface area contributed by atoms with Crippen LogP contribution in [0.25, 0.3) is 0 Å². The molecule has 0 heterocycles. The summed E-state index contributed by atoms with van der Waals surface area (Å²) in [6.07, 6.45) is 0. The molecule has 25 heavy (non-hydrogen) atoms. The minimum atomic E-state index is -0.699. The van der Waals surface area contributed by atoms with Crippen LogP contribution in [0, 0.1) is 0 Å². The van der Waals surface area contributed by atoms with Gasteiger partial charge in [0.15, 0.2) is 18.1 Å². The molecule has 1 rings (SSSR count). The summed E-state index contributed by atoms with van der Waals surface area (Å²) >= 11 is 3.31. The van der Waals surface area contributed by atoms with Gasteiger partial charge in [-0.15, -0.1) is 0 Å². The molecule has 0 fully saturated rings. The standard InChI is InChI=1S/C16H21BrN2O6/c1-4-18-13(20)8-19-14(21)9-25-16(22)10-6-11(17)15(24-5-2)12(7-10)23-3/h6-7H,4-5,8-9H2,1-3H3,(H,18,20)(H,19,21). The number of benzene rings is 1. The normalized spacial score (nSPS) is 9.92. The van der Waals surface area contributed by atoms with E-state index in [9.17, 15) is 14.4 Å². The maximum Gasteiger partial charge on any atom is 0.338 e. The zero-order chi connectivity index (χ0) is 18.8. The van der Waals surface area contributed by atoms with Gasteiger partial charge in [0.2, 0.25) is 5.91 Å². The number of hydrogen-bond acceptors (Lipinski definition) is 6. The van der Waals surface area contributed by atoms with E-state index in [4.69, 9.17) is 14.2 Å². The van der Waals surface area contributed by atoms with Crippen LogP contribution in [0.5, 0.6) is 11.5 Å². The maximum absolute atomic E-state index is 12.1. The molecule has 0 atom stereocenters. The second-order valence-corrected chi connectivity index (χ2v) is 5.58. The quantitative estimate of drug-likeness (QED) is 0.587. The van der Waals surface area contributed by atoms with Gasteiger partial charge in [-0.3, -0.25) is 9.59 Å². The number of carbonyl (C=O) groups excluding carboxylic acids is 3. The largest absolute Gasteiger partial charge is 0.493 e. The molecular formula is C16H21BrN2O6. The van der Waals surface area contributed by atoms with Gasteiger partial charge in [-0.25, -0.2) is 4.79 Å². The second kappa shape index (κ2) is 10.5. The van der Waals surface area contributed by atoms with Gasteiger partial charge in [0.25, 0.3) is 5.91 Å². The molecule has 0 radical (unpaired) electrons. The highest BCUT2D eigenvalue weighted by atomic mass is 79.9. The highest BCUT2D eigenvalue weighted by molar-refractivity contribution is 9.10. The Morgan fingerprint density at radius 1 is 1.12 bits per heavy atom. The number of amides is 2. The lowest BCUT2D eigenvalue weighted by molar-refractivity contribution is -0.127. The van der Waals surface area contributed by atoms with Crippen LogP contribution in [0.4, 0.5) is 0 Å². The molecule has 0 aliphatic carbocycles. The minimum Gasteiger partial charge on any atom is -0.493 e. The van der Waals surface area contributed by atoms with Crippen LogP contribution >= 0.6 is 15.9 Å². The van der Waals surface area contributed by atoms with Crippen molar-refractivity contribution in [3.05, 3.63) is 22.2 Å². The van der Waals surface area contributed by atoms with Crippen molar-refractivity contribution in [2.45, 2.75) is 13.8 Å². The predicted molar refractivity (Wildman–Crippen MR) is 93.8 cm³/mol. The van der Waals surface area contributed by atoms with E-state index in [0.29, 0.717) is 29.1 Å². The summed E-state index contributed by atoms with van der Waals surface area (Å²) in [6.45, 7) is 3.83. The summed E-state index contributed by atoms with van der Waals surface area (Å²) < 4.78 is 16.1. The molecule has 0 aliphatic rings. The summed E-state index contributed by atoms with van der Waals surface area (Å²) in [5.74, 6) is -0.751. The lowest BCUT2D eigenvalue weighted by atomic mass is 10.2. The zero-order valence-electron chi connectivity index (χ0n) is 14.3. The van der Waals surface area contributed by atoms with E-state index in [1.807, 2.05) is 6.92 Å². The van der Waals surface area contributed by atoms with Crippen molar-refractivity contribution in [2.24, 2.45) is 0 Å². The highest BCUT2D eigenvalue weighted by Crippen LogP contribution is 2.36. The summed E-state index contributed by atoms with van der Waals surface area (Å²) in [4.78, 5) is 34.9. The van der Waals surface area contributed by atoms with E-state index in [1.165, 1.54) is 19.2 Å². The molecule has 1 aromatic rings. The van der Waals surface area contributed by atoms with Crippen molar-refractivity contribution in [3.63, 3.8) is 0 Å². The first kappa shape index (κ1) is 20.8. The van der Waals surface area contributed by atoms with E-state index >= 15 is 0 Å². The molecule has 0 saturated carbocycles. The molecule has 2 amide bonds. The van der Waals surface area contributed by atoms with Crippen molar-refractivity contribution >= 4 is 33.7 Å². The van der Waals surface area contributed by atoms with Crippen LogP contribution in [0.1, 0.15) is 24.2 Å². The molecule has 0 aliphatic heterocycles.